The van der Waals surface area contributed by atoms with E-state index < -0.39 is 6.10 Å². The van der Waals surface area contributed by atoms with Gasteiger partial charge >= 0.3 is 17.9 Å². The maximum Gasteiger partial charge on any atom is 0.306 e. The van der Waals surface area contributed by atoms with Gasteiger partial charge in [0.1, 0.15) is 13.2 Å². The maximum absolute atomic E-state index is 12.8. The number of allylic oxidation sites excluding steroid dienone is 14. The van der Waals surface area contributed by atoms with Crippen molar-refractivity contribution in [3.8, 4) is 0 Å². The third-order valence-corrected chi connectivity index (χ3v) is 10.5. The van der Waals surface area contributed by atoms with Crippen LogP contribution in [-0.2, 0) is 28.6 Å². The fourth-order valence-electron chi connectivity index (χ4n) is 6.74. The molecule has 0 aliphatic heterocycles. The number of carbonyl (C=O) groups excluding carboxylic acids is 3. The quantitative estimate of drug-likeness (QED) is 0.0200. The second-order valence-electron chi connectivity index (χ2n) is 16.5. The van der Waals surface area contributed by atoms with Gasteiger partial charge in [0.15, 0.2) is 6.10 Å². The molecule has 0 aromatic rings. The molecule has 0 bridgehead atoms. The molecule has 0 heterocycles. The van der Waals surface area contributed by atoms with Crippen molar-refractivity contribution in [2.75, 3.05) is 13.2 Å². The molecule has 0 aromatic heterocycles. The minimum Gasteiger partial charge on any atom is -0.462 e. The Morgan fingerprint density at radius 1 is 0.361 bits per heavy atom. The summed E-state index contributed by atoms with van der Waals surface area (Å²) in [5.74, 6) is -0.924. The summed E-state index contributed by atoms with van der Waals surface area (Å²) in [6, 6.07) is 0. The summed E-state index contributed by atoms with van der Waals surface area (Å²) in [4.78, 5) is 37.9. The Morgan fingerprint density at radius 2 is 0.738 bits per heavy atom. The van der Waals surface area contributed by atoms with Gasteiger partial charge in [-0.05, 0) is 64.2 Å². The lowest BCUT2D eigenvalue weighted by atomic mass is 10.1. The molecule has 61 heavy (non-hydrogen) atoms. The lowest BCUT2D eigenvalue weighted by Gasteiger charge is -2.18. The van der Waals surface area contributed by atoms with Crippen molar-refractivity contribution in [1.29, 1.82) is 0 Å². The molecule has 0 spiro atoms. The summed E-state index contributed by atoms with van der Waals surface area (Å²) in [5.41, 5.74) is 0. The molecule has 0 aliphatic rings. The Balaban J connectivity index is 4.44. The molecule has 0 amide bonds. The van der Waals surface area contributed by atoms with Crippen LogP contribution in [0.3, 0.4) is 0 Å². The van der Waals surface area contributed by atoms with Crippen LogP contribution in [0.4, 0.5) is 0 Å². The first-order valence-electron chi connectivity index (χ1n) is 25.2. The fraction of sp³-hybridized carbons (Fsp3) is 0.691. The molecular weight excluding hydrogens is 757 g/mol. The minimum atomic E-state index is -0.789. The highest BCUT2D eigenvalue weighted by Crippen LogP contribution is 2.14. The van der Waals surface area contributed by atoms with Crippen LogP contribution in [0.15, 0.2) is 85.1 Å². The van der Waals surface area contributed by atoms with Crippen LogP contribution in [0.2, 0.25) is 0 Å². The van der Waals surface area contributed by atoms with Crippen LogP contribution in [0.1, 0.15) is 226 Å². The number of hydrogen-bond acceptors (Lipinski definition) is 6. The largest absolute Gasteiger partial charge is 0.462 e. The number of rotatable bonds is 44. The molecular formula is C55H92O6. The molecule has 0 fully saturated rings. The predicted molar refractivity (Wildman–Crippen MR) is 261 cm³/mol. The average molecular weight is 849 g/mol. The summed E-state index contributed by atoms with van der Waals surface area (Å²) >= 11 is 0. The standard InChI is InChI=1S/C55H92O6/c1-4-7-10-13-16-19-22-24-26-27-28-29-31-33-36-39-42-45-48-54(57)60-51-52(50-59-53(56)47-44-41-38-35-32-21-18-15-12-9-6-3)61-55(58)49-46-43-40-37-34-30-25-23-20-17-14-11-8-5-2/h8,10-11,13,16-17,19-20,22,24,26-29,52H,4-7,9,12,14-15,18,21,23,25,30-51H2,1-3H3/b11-8-,13-10-,19-16-,20-17-,24-22-,27-26-,29-28-. The Bertz CT molecular complexity index is 1200. The first-order chi connectivity index (χ1) is 30.0. The highest BCUT2D eigenvalue weighted by atomic mass is 16.6. The second-order valence-corrected chi connectivity index (χ2v) is 16.5. The summed E-state index contributed by atoms with van der Waals surface area (Å²) in [6.45, 7) is 6.40. The zero-order valence-electron chi connectivity index (χ0n) is 39.7. The van der Waals surface area contributed by atoms with E-state index in [1.165, 1.54) is 83.5 Å². The number of hydrogen-bond donors (Lipinski definition) is 0. The SMILES string of the molecule is CC/C=C\C/C=C\CCCCCCCCCC(=O)OC(COC(=O)CCCCCCC\C=C/C=C\C=C/C=C\C=C/CCC)COC(=O)CCCCCCCCCCCCC. The normalized spacial score (nSPS) is 12.8. The smallest absolute Gasteiger partial charge is 0.306 e. The minimum absolute atomic E-state index is 0.0875. The summed E-state index contributed by atoms with van der Waals surface area (Å²) in [6.07, 6.45) is 62.7. The van der Waals surface area contributed by atoms with Gasteiger partial charge in [-0.3, -0.25) is 14.4 Å². The van der Waals surface area contributed by atoms with E-state index >= 15 is 0 Å². The third kappa shape index (κ3) is 47.5. The van der Waals surface area contributed by atoms with Crippen molar-refractivity contribution in [2.24, 2.45) is 0 Å². The number of carbonyl (C=O) groups is 3. The van der Waals surface area contributed by atoms with Gasteiger partial charge < -0.3 is 14.2 Å². The molecule has 1 unspecified atom stereocenters. The summed E-state index contributed by atoms with van der Waals surface area (Å²) < 4.78 is 16.8. The van der Waals surface area contributed by atoms with Crippen molar-refractivity contribution < 1.29 is 28.6 Å². The number of unbranched alkanes of at least 4 members (excludes halogenated alkanes) is 23. The molecule has 0 rings (SSSR count). The second kappa shape index (κ2) is 49.2. The van der Waals surface area contributed by atoms with Crippen LogP contribution in [-0.4, -0.2) is 37.2 Å². The molecule has 0 aromatic carbocycles. The highest BCUT2D eigenvalue weighted by molar-refractivity contribution is 5.71. The van der Waals surface area contributed by atoms with Crippen molar-refractivity contribution in [2.45, 2.75) is 232 Å². The lowest BCUT2D eigenvalue weighted by molar-refractivity contribution is -0.167. The molecule has 6 nitrogen and oxygen atoms in total. The van der Waals surface area contributed by atoms with Gasteiger partial charge in [-0.1, -0.05) is 228 Å². The van der Waals surface area contributed by atoms with E-state index in [0.29, 0.717) is 19.3 Å². The number of ether oxygens (including phenoxy) is 3. The summed E-state index contributed by atoms with van der Waals surface area (Å²) in [7, 11) is 0. The molecule has 348 valence electrons. The van der Waals surface area contributed by atoms with Crippen LogP contribution in [0.25, 0.3) is 0 Å². The number of esters is 3. The first kappa shape index (κ1) is 57.6. The van der Waals surface area contributed by atoms with E-state index in [9.17, 15) is 14.4 Å². The van der Waals surface area contributed by atoms with Crippen LogP contribution in [0.5, 0.6) is 0 Å². The third-order valence-electron chi connectivity index (χ3n) is 10.5. The van der Waals surface area contributed by atoms with Gasteiger partial charge in [0, 0.05) is 19.3 Å². The van der Waals surface area contributed by atoms with E-state index in [4.69, 9.17) is 14.2 Å². The Hall–Kier alpha value is -3.41. The molecule has 0 aliphatic carbocycles. The lowest BCUT2D eigenvalue weighted by Crippen LogP contribution is -2.30. The monoisotopic (exact) mass is 849 g/mol. The van der Waals surface area contributed by atoms with Crippen molar-refractivity contribution in [1.82, 2.24) is 0 Å². The van der Waals surface area contributed by atoms with E-state index in [1.54, 1.807) is 0 Å². The Morgan fingerprint density at radius 3 is 1.20 bits per heavy atom. The molecule has 1 atom stereocenters. The van der Waals surface area contributed by atoms with Crippen molar-refractivity contribution in [3.05, 3.63) is 85.1 Å². The van der Waals surface area contributed by atoms with Crippen molar-refractivity contribution >= 4 is 17.9 Å². The first-order valence-corrected chi connectivity index (χ1v) is 25.2. The van der Waals surface area contributed by atoms with Crippen LogP contribution < -0.4 is 0 Å². The zero-order chi connectivity index (χ0) is 44.4. The highest BCUT2D eigenvalue weighted by Gasteiger charge is 2.19. The van der Waals surface area contributed by atoms with Gasteiger partial charge in [-0.25, -0.2) is 0 Å². The maximum atomic E-state index is 12.8. The zero-order valence-corrected chi connectivity index (χ0v) is 39.7. The topological polar surface area (TPSA) is 78.9 Å². The van der Waals surface area contributed by atoms with E-state index in [1.807, 2.05) is 24.3 Å². The van der Waals surface area contributed by atoms with E-state index in [2.05, 4.69) is 81.5 Å². The van der Waals surface area contributed by atoms with Gasteiger partial charge in [0.05, 0.1) is 0 Å². The average Bonchev–Trinajstić information content (AvgIpc) is 3.26. The van der Waals surface area contributed by atoms with Crippen LogP contribution >= 0.6 is 0 Å². The molecule has 0 saturated carbocycles. The predicted octanol–water partition coefficient (Wildman–Crippen LogP) is 16.4. The molecule has 0 saturated heterocycles. The molecule has 6 heteroatoms. The summed E-state index contributed by atoms with van der Waals surface area (Å²) in [5, 5.41) is 0. The van der Waals surface area contributed by atoms with Gasteiger partial charge in [-0.2, -0.15) is 0 Å². The van der Waals surface area contributed by atoms with Crippen LogP contribution in [0, 0.1) is 0 Å². The Kier molecular flexibility index (Phi) is 46.5. The van der Waals surface area contributed by atoms with E-state index in [0.717, 1.165) is 103 Å². The fourth-order valence-corrected chi connectivity index (χ4v) is 6.74. The molecule has 0 radical (unpaired) electrons. The molecule has 0 N–H and O–H groups in total. The Labute approximate surface area is 375 Å². The van der Waals surface area contributed by atoms with Crippen molar-refractivity contribution in [3.63, 3.8) is 0 Å². The van der Waals surface area contributed by atoms with E-state index in [-0.39, 0.29) is 31.1 Å². The van der Waals surface area contributed by atoms with Gasteiger partial charge in [0.25, 0.3) is 0 Å². The van der Waals surface area contributed by atoms with Gasteiger partial charge in [0.2, 0.25) is 0 Å². The van der Waals surface area contributed by atoms with Gasteiger partial charge in [-0.15, -0.1) is 0 Å².